The third kappa shape index (κ3) is 3.54. The second kappa shape index (κ2) is 6.44. The van der Waals surface area contributed by atoms with E-state index in [0.717, 1.165) is 12.5 Å². The number of hydrogen-bond donors (Lipinski definition) is 1. The summed E-state index contributed by atoms with van der Waals surface area (Å²) in [7, 11) is 0. The van der Waals surface area contributed by atoms with Gasteiger partial charge in [0.1, 0.15) is 0 Å². The van der Waals surface area contributed by atoms with Gasteiger partial charge in [-0.3, -0.25) is 0 Å². The average molecular weight is 279 g/mol. The van der Waals surface area contributed by atoms with Crippen molar-refractivity contribution < 1.29 is 0 Å². The van der Waals surface area contributed by atoms with Gasteiger partial charge in [0, 0.05) is 18.5 Å². The third-order valence-corrected chi connectivity index (χ3v) is 4.65. The fourth-order valence-electron chi connectivity index (χ4n) is 3.21. The molecule has 1 saturated carbocycles. The fraction of sp³-hybridized carbons (Fsp3) is 0.400. The van der Waals surface area contributed by atoms with E-state index >= 15 is 0 Å². The van der Waals surface area contributed by atoms with Crippen LogP contribution >= 0.6 is 0 Å². The van der Waals surface area contributed by atoms with E-state index in [-0.39, 0.29) is 0 Å². The van der Waals surface area contributed by atoms with Crippen LogP contribution in [0.3, 0.4) is 0 Å². The van der Waals surface area contributed by atoms with Crippen molar-refractivity contribution in [2.75, 3.05) is 6.54 Å². The molecule has 1 N–H and O–H groups in total. The van der Waals surface area contributed by atoms with E-state index in [1.165, 1.54) is 17.5 Å². The number of benzene rings is 2. The predicted molar refractivity (Wildman–Crippen MR) is 89.6 cm³/mol. The van der Waals surface area contributed by atoms with Gasteiger partial charge in [-0.2, -0.15) is 0 Å². The first-order valence-electron chi connectivity index (χ1n) is 8.09. The lowest BCUT2D eigenvalue weighted by atomic mass is 9.88. The zero-order valence-electron chi connectivity index (χ0n) is 13.0. The van der Waals surface area contributed by atoms with Gasteiger partial charge < -0.3 is 5.32 Å². The molecule has 0 aliphatic heterocycles. The van der Waals surface area contributed by atoms with Gasteiger partial charge in [-0.05, 0) is 29.4 Å². The molecule has 0 aromatic heterocycles. The summed E-state index contributed by atoms with van der Waals surface area (Å²) in [6.07, 6.45) is 1.28. The highest BCUT2D eigenvalue weighted by atomic mass is 15.0. The van der Waals surface area contributed by atoms with E-state index in [4.69, 9.17) is 0 Å². The molecule has 2 aromatic carbocycles. The monoisotopic (exact) mass is 279 g/mol. The molecule has 1 heteroatoms. The Morgan fingerprint density at radius 3 is 2.19 bits per heavy atom. The maximum absolute atomic E-state index is 3.79. The van der Waals surface area contributed by atoms with Crippen LogP contribution in [-0.4, -0.2) is 12.6 Å². The summed E-state index contributed by atoms with van der Waals surface area (Å²) in [5.74, 6) is 1.98. The second-order valence-electron chi connectivity index (χ2n) is 6.53. The lowest BCUT2D eigenvalue weighted by molar-refractivity contribution is 0.458. The zero-order valence-corrected chi connectivity index (χ0v) is 13.0. The Kier molecular flexibility index (Phi) is 4.40. The highest BCUT2D eigenvalue weighted by Crippen LogP contribution is 2.41. The quantitative estimate of drug-likeness (QED) is 0.816. The van der Waals surface area contributed by atoms with Crippen molar-refractivity contribution in [1.82, 2.24) is 5.32 Å². The van der Waals surface area contributed by atoms with Gasteiger partial charge in [-0.15, -0.1) is 0 Å². The van der Waals surface area contributed by atoms with Crippen molar-refractivity contribution in [3.63, 3.8) is 0 Å². The molecule has 0 bridgehead atoms. The van der Waals surface area contributed by atoms with Gasteiger partial charge in [0.25, 0.3) is 0 Å². The predicted octanol–water partition coefficient (Wildman–Crippen LogP) is 4.57. The molecule has 2 aromatic rings. The highest BCUT2D eigenvalue weighted by Gasteiger charge is 2.38. The third-order valence-electron chi connectivity index (χ3n) is 4.65. The number of nitrogens with one attached hydrogen (secondary N) is 1. The number of hydrogen-bond acceptors (Lipinski definition) is 1. The summed E-state index contributed by atoms with van der Waals surface area (Å²) in [5.41, 5.74) is 2.94. The molecule has 0 amide bonds. The maximum Gasteiger partial charge on any atom is 0.0143 e. The van der Waals surface area contributed by atoms with Crippen molar-refractivity contribution in [3.05, 3.63) is 71.8 Å². The summed E-state index contributed by atoms with van der Waals surface area (Å²) in [4.78, 5) is 0. The van der Waals surface area contributed by atoms with E-state index in [2.05, 4.69) is 79.8 Å². The minimum atomic E-state index is 0.600. The Morgan fingerprint density at radius 2 is 1.57 bits per heavy atom. The first-order valence-corrected chi connectivity index (χ1v) is 8.09. The van der Waals surface area contributed by atoms with Gasteiger partial charge in [0.15, 0.2) is 0 Å². The van der Waals surface area contributed by atoms with Gasteiger partial charge in [0.05, 0.1) is 0 Å². The van der Waals surface area contributed by atoms with Crippen LogP contribution in [0.1, 0.15) is 43.2 Å². The minimum absolute atomic E-state index is 0.600. The maximum atomic E-state index is 3.79. The summed E-state index contributed by atoms with van der Waals surface area (Å²) in [5, 5.41) is 3.79. The van der Waals surface area contributed by atoms with E-state index in [9.17, 15) is 0 Å². The van der Waals surface area contributed by atoms with E-state index in [0.29, 0.717) is 17.9 Å². The van der Waals surface area contributed by atoms with Gasteiger partial charge in [-0.25, -0.2) is 0 Å². The Bertz CT molecular complexity index is 547. The van der Waals surface area contributed by atoms with Crippen molar-refractivity contribution in [2.45, 2.75) is 38.1 Å². The van der Waals surface area contributed by atoms with Crippen LogP contribution in [0, 0.1) is 5.92 Å². The lowest BCUT2D eigenvalue weighted by Crippen LogP contribution is -2.27. The molecule has 1 nitrogen and oxygen atoms in total. The van der Waals surface area contributed by atoms with Crippen molar-refractivity contribution in [3.8, 4) is 0 Å². The van der Waals surface area contributed by atoms with Crippen LogP contribution in [0.25, 0.3) is 0 Å². The molecule has 1 aliphatic carbocycles. The first kappa shape index (κ1) is 14.3. The normalized spacial score (nSPS) is 22.2. The van der Waals surface area contributed by atoms with Crippen LogP contribution in [0.4, 0.5) is 0 Å². The Labute approximate surface area is 128 Å². The molecule has 110 valence electrons. The van der Waals surface area contributed by atoms with Gasteiger partial charge in [-0.1, -0.05) is 74.5 Å². The average Bonchev–Trinajstić information content (AvgIpc) is 3.29. The Morgan fingerprint density at radius 1 is 0.952 bits per heavy atom. The molecular formula is C20H25N. The lowest BCUT2D eigenvalue weighted by Gasteiger charge is -2.22. The van der Waals surface area contributed by atoms with Gasteiger partial charge >= 0.3 is 0 Å². The van der Waals surface area contributed by atoms with Crippen molar-refractivity contribution in [1.29, 1.82) is 0 Å². The highest BCUT2D eigenvalue weighted by molar-refractivity contribution is 5.28. The fourth-order valence-corrected chi connectivity index (χ4v) is 3.21. The molecular weight excluding hydrogens is 254 g/mol. The molecule has 3 unspecified atom stereocenters. The molecule has 3 rings (SSSR count). The topological polar surface area (TPSA) is 12.0 Å². The molecule has 0 spiro atoms. The van der Waals surface area contributed by atoms with E-state index in [1.54, 1.807) is 0 Å². The number of rotatable bonds is 6. The van der Waals surface area contributed by atoms with Crippen LogP contribution < -0.4 is 5.32 Å². The Balaban J connectivity index is 1.57. The molecule has 1 fully saturated rings. The first-order chi connectivity index (χ1) is 10.3. The van der Waals surface area contributed by atoms with Crippen LogP contribution in [0.15, 0.2) is 60.7 Å². The van der Waals surface area contributed by atoms with E-state index < -0.39 is 0 Å². The molecule has 0 heterocycles. The largest absolute Gasteiger partial charge is 0.313 e. The van der Waals surface area contributed by atoms with E-state index in [1.807, 2.05) is 0 Å². The second-order valence-corrected chi connectivity index (χ2v) is 6.53. The van der Waals surface area contributed by atoms with Crippen molar-refractivity contribution in [2.24, 2.45) is 5.92 Å². The van der Waals surface area contributed by atoms with Crippen LogP contribution in [0.2, 0.25) is 0 Å². The van der Waals surface area contributed by atoms with Gasteiger partial charge in [0.2, 0.25) is 0 Å². The van der Waals surface area contributed by atoms with Crippen LogP contribution in [0.5, 0.6) is 0 Å². The molecule has 0 saturated heterocycles. The zero-order chi connectivity index (χ0) is 14.7. The molecule has 21 heavy (non-hydrogen) atoms. The summed E-state index contributed by atoms with van der Waals surface area (Å²) >= 11 is 0. The molecule has 0 radical (unpaired) electrons. The summed E-state index contributed by atoms with van der Waals surface area (Å²) < 4.78 is 0. The van der Waals surface area contributed by atoms with Crippen LogP contribution in [-0.2, 0) is 0 Å². The summed E-state index contributed by atoms with van der Waals surface area (Å²) in [6.45, 7) is 5.72. The summed E-state index contributed by atoms with van der Waals surface area (Å²) in [6, 6.07) is 22.5. The molecule has 3 atom stereocenters. The standard InChI is InChI=1S/C20H25N/c1-15(2)19(17-11-7-4-8-12-17)14-21-20-13-18(20)16-9-5-3-6-10-16/h3-12,15,18-21H,13-14H2,1-2H3. The Hall–Kier alpha value is -1.60. The smallest absolute Gasteiger partial charge is 0.0143 e. The minimum Gasteiger partial charge on any atom is -0.313 e. The molecule has 1 aliphatic rings. The SMILES string of the molecule is CC(C)C(CNC1CC1c1ccccc1)c1ccccc1. The van der Waals surface area contributed by atoms with Crippen molar-refractivity contribution >= 4 is 0 Å².